The number of pyridine rings is 2. The van der Waals surface area contributed by atoms with Crippen LogP contribution < -0.4 is 21.5 Å². The summed E-state index contributed by atoms with van der Waals surface area (Å²) in [5, 5.41) is 4.84. The average molecular weight is 427 g/mol. The van der Waals surface area contributed by atoms with Gasteiger partial charge in [-0.1, -0.05) is 72.8 Å². The smallest absolute Gasteiger partial charge is 0.239 e. The van der Waals surface area contributed by atoms with Crippen LogP contribution in [0.15, 0.2) is 103 Å². The monoisotopic (exact) mass is 426 g/mol. The fourth-order valence-electron chi connectivity index (χ4n) is 3.74. The lowest BCUT2D eigenvalue weighted by atomic mass is 10.0. The van der Waals surface area contributed by atoms with Crippen molar-refractivity contribution in [3.05, 3.63) is 109 Å². The lowest BCUT2D eigenvalue weighted by Gasteiger charge is -2.10. The van der Waals surface area contributed by atoms with Gasteiger partial charge in [-0.05, 0) is 22.9 Å². The van der Waals surface area contributed by atoms with E-state index in [0.717, 1.165) is 17.9 Å². The lowest BCUT2D eigenvalue weighted by Crippen LogP contribution is -3.00. The summed E-state index contributed by atoms with van der Waals surface area (Å²) < 4.78 is 2.31. The van der Waals surface area contributed by atoms with E-state index in [1.807, 2.05) is 6.20 Å². The van der Waals surface area contributed by atoms with Crippen molar-refractivity contribution in [3.63, 3.8) is 0 Å². The van der Waals surface area contributed by atoms with Crippen LogP contribution in [0.5, 0.6) is 0 Å². The molecule has 0 atom stereocenters. The Bertz CT molecular complexity index is 1240. The third kappa shape index (κ3) is 3.30. The van der Waals surface area contributed by atoms with Gasteiger partial charge in [0.05, 0.1) is 5.39 Å². The fraction of sp³-hybridized carbons (Fsp3) is 0.0400. The number of hydrogen-bond acceptors (Lipinski definition) is 1. The van der Waals surface area contributed by atoms with Crippen LogP contribution in [0.1, 0.15) is 5.56 Å². The van der Waals surface area contributed by atoms with Crippen molar-refractivity contribution >= 4 is 21.5 Å². The number of benzene rings is 3. The highest BCUT2D eigenvalue weighted by atomic mass is 79.9. The van der Waals surface area contributed by atoms with Crippen LogP contribution in [0.3, 0.4) is 0 Å². The first-order valence-electron chi connectivity index (χ1n) is 9.19. The number of fused-ring (bicyclic) bond motifs is 2. The van der Waals surface area contributed by atoms with Crippen molar-refractivity contribution in [1.29, 1.82) is 0 Å². The van der Waals surface area contributed by atoms with Gasteiger partial charge >= 0.3 is 0 Å². The number of rotatable bonds is 3. The summed E-state index contributed by atoms with van der Waals surface area (Å²) in [6.45, 7) is 0.811. The van der Waals surface area contributed by atoms with Gasteiger partial charge in [-0.2, -0.15) is 4.57 Å². The number of hydrogen-bond donors (Lipinski definition) is 0. The van der Waals surface area contributed by atoms with Crippen LogP contribution in [0, 0.1) is 0 Å². The molecule has 2 heterocycles. The Kier molecular flexibility index (Phi) is 5.18. The lowest BCUT2D eigenvalue weighted by molar-refractivity contribution is -0.676. The molecule has 5 aromatic rings. The molecule has 0 N–H and O–H groups in total. The molecule has 0 bridgehead atoms. The molecule has 5 rings (SSSR count). The Morgan fingerprint density at radius 2 is 1.29 bits per heavy atom. The largest absolute Gasteiger partial charge is 1.00 e. The van der Waals surface area contributed by atoms with Gasteiger partial charge in [-0.3, -0.25) is 0 Å². The second kappa shape index (κ2) is 7.91. The molecule has 2 aromatic heterocycles. The Morgan fingerprint density at radius 1 is 0.643 bits per heavy atom. The molecule has 0 aliphatic rings. The highest BCUT2D eigenvalue weighted by Crippen LogP contribution is 2.29. The van der Waals surface area contributed by atoms with Gasteiger partial charge < -0.3 is 17.0 Å². The predicted molar refractivity (Wildman–Crippen MR) is 110 cm³/mol. The zero-order chi connectivity index (χ0) is 18.1. The number of nitrogens with zero attached hydrogens (tertiary/aromatic N) is 2. The molecule has 136 valence electrons. The summed E-state index contributed by atoms with van der Waals surface area (Å²) in [6.07, 6.45) is 4.08. The molecule has 0 unspecified atom stereocenters. The maximum absolute atomic E-state index is 4.81. The maximum atomic E-state index is 4.81. The minimum absolute atomic E-state index is 0. The first kappa shape index (κ1) is 18.3. The highest BCUT2D eigenvalue weighted by Gasteiger charge is 2.21. The molecule has 0 radical (unpaired) electrons. The summed E-state index contributed by atoms with van der Waals surface area (Å²) in [7, 11) is 0. The van der Waals surface area contributed by atoms with Crippen molar-refractivity contribution in [2.45, 2.75) is 6.54 Å². The van der Waals surface area contributed by atoms with E-state index in [-0.39, 0.29) is 17.0 Å². The minimum atomic E-state index is 0. The topological polar surface area (TPSA) is 16.8 Å². The van der Waals surface area contributed by atoms with Crippen LogP contribution in [0.4, 0.5) is 0 Å². The number of halogens is 1. The van der Waals surface area contributed by atoms with Crippen LogP contribution in [0.25, 0.3) is 32.9 Å². The van der Waals surface area contributed by atoms with Gasteiger partial charge in [0.1, 0.15) is 5.69 Å². The van der Waals surface area contributed by atoms with Crippen LogP contribution in [0.2, 0.25) is 0 Å². The second-order valence-electron chi connectivity index (χ2n) is 6.75. The van der Waals surface area contributed by atoms with Crippen molar-refractivity contribution in [1.82, 2.24) is 4.98 Å². The summed E-state index contributed by atoms with van der Waals surface area (Å²) in [5.41, 5.74) is 3.47. The van der Waals surface area contributed by atoms with E-state index >= 15 is 0 Å². The molecule has 2 nitrogen and oxygen atoms in total. The molecule has 3 heteroatoms. The summed E-state index contributed by atoms with van der Waals surface area (Å²) >= 11 is 0. The van der Waals surface area contributed by atoms with E-state index in [1.54, 1.807) is 0 Å². The third-order valence-electron chi connectivity index (χ3n) is 5.03. The van der Waals surface area contributed by atoms with E-state index in [9.17, 15) is 0 Å². The Morgan fingerprint density at radius 3 is 2.07 bits per heavy atom. The molecule has 3 aromatic carbocycles. The van der Waals surface area contributed by atoms with E-state index in [2.05, 4.69) is 102 Å². The SMILES string of the molecule is [Br-].c1ccc(C[n+]2ccc3ccccc3c2-c2nccc3ccccc23)cc1. The summed E-state index contributed by atoms with van der Waals surface area (Å²) in [6, 6.07) is 31.8. The van der Waals surface area contributed by atoms with E-state index in [4.69, 9.17) is 4.98 Å². The minimum Gasteiger partial charge on any atom is -1.00 e. The fourth-order valence-corrected chi connectivity index (χ4v) is 3.74. The first-order valence-corrected chi connectivity index (χ1v) is 9.19. The average Bonchev–Trinajstić information content (AvgIpc) is 2.74. The molecule has 0 aliphatic heterocycles. The van der Waals surface area contributed by atoms with E-state index in [0.29, 0.717) is 0 Å². The highest BCUT2D eigenvalue weighted by molar-refractivity contribution is 6.00. The molecular weight excluding hydrogens is 408 g/mol. The van der Waals surface area contributed by atoms with Crippen molar-refractivity contribution in [2.75, 3.05) is 0 Å². The van der Waals surface area contributed by atoms with Gasteiger partial charge in [-0.15, -0.1) is 0 Å². The van der Waals surface area contributed by atoms with E-state index in [1.165, 1.54) is 27.1 Å². The van der Waals surface area contributed by atoms with Crippen molar-refractivity contribution < 1.29 is 21.5 Å². The third-order valence-corrected chi connectivity index (χ3v) is 5.03. The molecule has 0 amide bonds. The van der Waals surface area contributed by atoms with Gasteiger partial charge in [-0.25, -0.2) is 4.98 Å². The zero-order valence-electron chi connectivity index (χ0n) is 15.3. The summed E-state index contributed by atoms with van der Waals surface area (Å²) in [4.78, 5) is 4.81. The molecule has 0 aliphatic carbocycles. The predicted octanol–water partition coefficient (Wildman–Crippen LogP) is 2.39. The zero-order valence-corrected chi connectivity index (χ0v) is 16.9. The summed E-state index contributed by atoms with van der Waals surface area (Å²) in [5.74, 6) is 0. The van der Waals surface area contributed by atoms with Gasteiger partial charge in [0, 0.05) is 23.2 Å². The molecular formula is C25H19BrN2. The number of aromatic nitrogens is 2. The van der Waals surface area contributed by atoms with Gasteiger partial charge in [0.15, 0.2) is 12.7 Å². The van der Waals surface area contributed by atoms with Crippen molar-refractivity contribution in [2.24, 2.45) is 0 Å². The van der Waals surface area contributed by atoms with Crippen LogP contribution in [-0.2, 0) is 6.54 Å². The standard InChI is InChI=1S/C25H19N2.BrH/c1-2-8-19(9-3-1)18-27-17-15-21-11-5-7-13-23(21)25(27)24-22-12-6-4-10-20(22)14-16-26-24;/h1-17H,18H2;1H/q+1;/p-1. The van der Waals surface area contributed by atoms with Gasteiger partial charge in [0.2, 0.25) is 5.69 Å². The molecule has 0 fully saturated rings. The van der Waals surface area contributed by atoms with Gasteiger partial charge in [0.25, 0.3) is 0 Å². The molecule has 28 heavy (non-hydrogen) atoms. The van der Waals surface area contributed by atoms with E-state index < -0.39 is 0 Å². The maximum Gasteiger partial charge on any atom is 0.239 e. The Hall–Kier alpha value is -3.04. The quantitative estimate of drug-likeness (QED) is 0.404. The molecule has 0 saturated heterocycles. The Balaban J connectivity index is 0.00000192. The molecule has 0 saturated carbocycles. The molecule has 0 spiro atoms. The Labute approximate surface area is 174 Å². The normalized spacial score (nSPS) is 10.7. The van der Waals surface area contributed by atoms with Crippen LogP contribution >= 0.6 is 0 Å². The van der Waals surface area contributed by atoms with Crippen molar-refractivity contribution in [3.8, 4) is 11.4 Å². The second-order valence-corrected chi connectivity index (χ2v) is 6.75. The van der Waals surface area contributed by atoms with Crippen LogP contribution in [-0.4, -0.2) is 4.98 Å². The first-order chi connectivity index (χ1) is 13.4.